The smallest absolute Gasteiger partial charge is 0.870 e. The first kappa shape index (κ1) is 33.1. The van der Waals surface area contributed by atoms with Crippen LogP contribution < -0.4 is 51.4 Å². The van der Waals surface area contributed by atoms with Crippen LogP contribution in [0.25, 0.3) is 0 Å². The van der Waals surface area contributed by atoms with Crippen LogP contribution in [0.3, 0.4) is 0 Å². The number of hydrogen-bond donors (Lipinski definition) is 1. The minimum Gasteiger partial charge on any atom is -0.870 e. The molecule has 0 unspecified atom stereocenters. The largest absolute Gasteiger partial charge is 1.00 e. The van der Waals surface area contributed by atoms with Crippen LogP contribution in [0.2, 0.25) is 0 Å². The van der Waals surface area contributed by atoms with E-state index in [1.807, 2.05) is 0 Å². The molecular weight excluding hydrogens is 536 g/mol. The van der Waals surface area contributed by atoms with Gasteiger partial charge < -0.3 is 15.3 Å². The van der Waals surface area contributed by atoms with E-state index in [9.17, 15) is 27.6 Å². The number of nitrogens with zero attached hydrogens (tertiary/aromatic N) is 4. The normalized spacial score (nSPS) is 13.8. The third-order valence-electron chi connectivity index (χ3n) is 5.05. The Morgan fingerprint density at radius 2 is 1.42 bits per heavy atom. The first-order chi connectivity index (χ1) is 17.0. The molecule has 2 N–H and O–H groups in total. The van der Waals surface area contributed by atoms with Gasteiger partial charge in [0.1, 0.15) is 0 Å². The van der Waals surface area contributed by atoms with Gasteiger partial charge in [0.15, 0.2) is 5.78 Å². The van der Waals surface area contributed by atoms with Crippen molar-refractivity contribution in [2.45, 2.75) is 25.9 Å². The number of ketones is 1. The summed E-state index contributed by atoms with van der Waals surface area (Å²) in [4.78, 5) is 48.7. The Balaban J connectivity index is 0.000000361. The number of halogens is 3. The van der Waals surface area contributed by atoms with Crippen LogP contribution in [-0.4, -0.2) is 63.0 Å². The number of aromatic nitrogens is 2. The molecule has 2 aromatic heterocycles. The molecule has 4 heterocycles. The van der Waals surface area contributed by atoms with Gasteiger partial charge in [-0.25, -0.2) is 9.59 Å². The molecular formula is C24H20F3KN4O6. The number of esters is 1. The zero-order chi connectivity index (χ0) is 26.5. The van der Waals surface area contributed by atoms with E-state index in [4.69, 9.17) is 5.11 Å². The number of Topliss-reactive ketones (excluding diaryl/α,β-unsaturated/α-hetero) is 1. The minimum absolute atomic E-state index is 0. The number of carboxylic acids is 1. The molecule has 0 fully saturated rings. The fourth-order valence-corrected chi connectivity index (χ4v) is 3.06. The third kappa shape index (κ3) is 8.57. The zero-order valence-electron chi connectivity index (χ0n) is 20.5. The SMILES string of the molecule is CC(=O)c1ccc(C2=NC=C(C(F)(F)F)C2)nc1.COC(=O)C1=CN=C(c2ccc(C(=O)O)cn2)C1.[K+].[OH-]. The van der Waals surface area contributed by atoms with Gasteiger partial charge in [0.2, 0.25) is 0 Å². The van der Waals surface area contributed by atoms with Crippen LogP contribution in [0.15, 0.2) is 70.2 Å². The number of allylic oxidation sites excluding steroid dienone is 1. The number of carboxylic acid groups (broad SMARTS) is 1. The van der Waals surface area contributed by atoms with Gasteiger partial charge in [-0.2, -0.15) is 13.2 Å². The number of alkyl halides is 3. The molecule has 2 aliphatic rings. The number of pyridine rings is 2. The van der Waals surface area contributed by atoms with Crippen molar-refractivity contribution < 1.29 is 94.3 Å². The number of carbonyl (C=O) groups is 3. The third-order valence-corrected chi connectivity index (χ3v) is 5.05. The average Bonchev–Trinajstić information content (AvgIpc) is 3.55. The van der Waals surface area contributed by atoms with Crippen molar-refractivity contribution in [3.8, 4) is 0 Å². The van der Waals surface area contributed by atoms with Crippen molar-refractivity contribution in [1.29, 1.82) is 0 Å². The summed E-state index contributed by atoms with van der Waals surface area (Å²) in [5.74, 6) is -1.59. The second-order valence-corrected chi connectivity index (χ2v) is 7.53. The van der Waals surface area contributed by atoms with E-state index in [-0.39, 0.29) is 80.3 Å². The quantitative estimate of drug-likeness (QED) is 0.321. The van der Waals surface area contributed by atoms with E-state index in [1.165, 1.54) is 50.8 Å². The predicted octanol–water partition coefficient (Wildman–Crippen LogP) is 0.780. The summed E-state index contributed by atoms with van der Waals surface area (Å²) in [5, 5.41) is 8.75. The van der Waals surface area contributed by atoms with E-state index in [1.54, 1.807) is 6.07 Å². The molecule has 0 saturated heterocycles. The number of rotatable bonds is 5. The van der Waals surface area contributed by atoms with Gasteiger partial charge >= 0.3 is 69.5 Å². The topological polar surface area (TPSA) is 161 Å². The molecule has 0 bridgehead atoms. The summed E-state index contributed by atoms with van der Waals surface area (Å²) in [6.07, 6.45) is 0.554. The van der Waals surface area contributed by atoms with Gasteiger partial charge in [-0.05, 0) is 31.2 Å². The standard InChI is InChI=1S/C12H9F3N2O.C12H10N2O4.K.H2O/c1-7(18)8-2-3-10(16-5-8)11-4-9(6-17-11)12(13,14)15;1-18-12(17)8-4-10(14-6-8)9-3-2-7(5-13-9)11(15)16;;/h2-3,5-6H,4H2,1H3;2-3,5-6H,4H2,1H3,(H,15,16);;1H2/q;;+1;/p-1. The summed E-state index contributed by atoms with van der Waals surface area (Å²) in [6.45, 7) is 1.40. The Bertz CT molecular complexity index is 1320. The van der Waals surface area contributed by atoms with E-state index < -0.39 is 23.7 Å². The van der Waals surface area contributed by atoms with E-state index in [0.29, 0.717) is 34.7 Å². The molecule has 0 atom stereocenters. The van der Waals surface area contributed by atoms with Gasteiger partial charge in [0, 0.05) is 43.2 Å². The Labute approximate surface area is 257 Å². The number of methoxy groups -OCH3 is 1. The molecule has 2 aromatic rings. The van der Waals surface area contributed by atoms with Crippen LogP contribution in [0.5, 0.6) is 0 Å². The second-order valence-electron chi connectivity index (χ2n) is 7.53. The first-order valence-corrected chi connectivity index (χ1v) is 10.3. The average molecular weight is 557 g/mol. The summed E-state index contributed by atoms with van der Waals surface area (Å²) in [6, 6.07) is 6.04. The molecule has 194 valence electrons. The van der Waals surface area contributed by atoms with Gasteiger partial charge in [-0.1, -0.05) is 0 Å². The summed E-state index contributed by atoms with van der Waals surface area (Å²) < 4.78 is 41.8. The predicted molar refractivity (Wildman–Crippen MR) is 124 cm³/mol. The van der Waals surface area contributed by atoms with E-state index >= 15 is 0 Å². The molecule has 14 heteroatoms. The number of aromatic carboxylic acids is 1. The first-order valence-electron chi connectivity index (χ1n) is 10.3. The van der Waals surface area contributed by atoms with Crippen molar-refractivity contribution in [2.75, 3.05) is 7.11 Å². The molecule has 0 spiro atoms. The fourth-order valence-electron chi connectivity index (χ4n) is 3.06. The monoisotopic (exact) mass is 556 g/mol. The molecule has 4 rings (SSSR count). The van der Waals surface area contributed by atoms with Crippen LogP contribution in [0.4, 0.5) is 13.2 Å². The van der Waals surface area contributed by atoms with Gasteiger partial charge in [-0.15, -0.1) is 0 Å². The Morgan fingerprint density at radius 1 is 0.895 bits per heavy atom. The van der Waals surface area contributed by atoms with Crippen LogP contribution in [-0.2, 0) is 9.53 Å². The van der Waals surface area contributed by atoms with Crippen LogP contribution in [0.1, 0.15) is 51.9 Å². The fraction of sp³-hybridized carbons (Fsp3) is 0.208. The van der Waals surface area contributed by atoms with Gasteiger partial charge in [0.25, 0.3) is 0 Å². The number of hydrogen-bond acceptors (Lipinski definition) is 9. The molecule has 0 aromatic carbocycles. The van der Waals surface area contributed by atoms with Gasteiger partial charge in [-0.3, -0.25) is 24.7 Å². The molecule has 10 nitrogen and oxygen atoms in total. The molecule has 0 amide bonds. The zero-order valence-corrected chi connectivity index (χ0v) is 23.6. The molecule has 2 aliphatic heterocycles. The summed E-state index contributed by atoms with van der Waals surface area (Å²) in [7, 11) is 1.31. The number of carbonyl (C=O) groups excluding carboxylic acids is 2. The Hall–Kier alpha value is -2.88. The molecule has 0 aliphatic carbocycles. The Kier molecular flexibility index (Phi) is 12.5. The van der Waals surface area contributed by atoms with Crippen molar-refractivity contribution >= 4 is 29.1 Å². The van der Waals surface area contributed by atoms with Crippen molar-refractivity contribution in [2.24, 2.45) is 9.98 Å². The van der Waals surface area contributed by atoms with Crippen LogP contribution >= 0.6 is 0 Å². The van der Waals surface area contributed by atoms with Crippen molar-refractivity contribution in [1.82, 2.24) is 9.97 Å². The number of aliphatic imine (C=N–C) groups is 2. The maximum atomic E-state index is 12.4. The maximum absolute atomic E-state index is 12.4. The summed E-state index contributed by atoms with van der Waals surface area (Å²) >= 11 is 0. The Morgan fingerprint density at radius 3 is 1.84 bits per heavy atom. The number of ether oxygens (including phenoxy) is 1. The molecule has 0 radical (unpaired) electrons. The van der Waals surface area contributed by atoms with Crippen molar-refractivity contribution in [3.05, 3.63) is 82.7 Å². The molecule has 38 heavy (non-hydrogen) atoms. The maximum Gasteiger partial charge on any atom is 1.00 e. The second kappa shape index (κ2) is 14.3. The van der Waals surface area contributed by atoms with Crippen LogP contribution in [0, 0.1) is 0 Å². The summed E-state index contributed by atoms with van der Waals surface area (Å²) in [5.41, 5.74) is 2.09. The van der Waals surface area contributed by atoms with Crippen molar-refractivity contribution in [3.63, 3.8) is 0 Å². The van der Waals surface area contributed by atoms with E-state index in [0.717, 1.165) is 6.20 Å². The minimum atomic E-state index is -4.36. The molecule has 0 saturated carbocycles. The van der Waals surface area contributed by atoms with Gasteiger partial charge in [0.05, 0.1) is 46.6 Å². The van der Waals surface area contributed by atoms with E-state index in [2.05, 4.69) is 24.7 Å².